The molecule has 0 aromatic carbocycles. The van der Waals surface area contributed by atoms with Crippen LogP contribution < -0.4 is 24.8 Å². The van der Waals surface area contributed by atoms with Crippen molar-refractivity contribution < 1.29 is 54.2 Å². The Morgan fingerprint density at radius 3 is 1.44 bits per heavy atom. The van der Waals surface area contributed by atoms with Crippen molar-refractivity contribution in [1.82, 2.24) is 4.90 Å². The molecule has 0 aliphatic heterocycles. The summed E-state index contributed by atoms with van der Waals surface area (Å²) >= 11 is 0. The summed E-state index contributed by atoms with van der Waals surface area (Å²) < 4.78 is 0. The topological polar surface area (TPSA) is 40.5 Å². The van der Waals surface area contributed by atoms with Crippen molar-refractivity contribution in [2.45, 2.75) is 0 Å². The molecule has 0 rings (SSSR count). The molecule has 0 aromatic heterocycles. The van der Waals surface area contributed by atoms with E-state index in [4.69, 9.17) is 5.11 Å². The number of halogens is 2. The van der Waals surface area contributed by atoms with Gasteiger partial charge in [-0.1, -0.05) is 0 Å². The Kier molecular flexibility index (Phi) is 28.5. The molecule has 0 atom stereocenters. The zero-order chi connectivity index (χ0) is 5.15. The first-order valence-corrected chi connectivity index (χ1v) is 1.55. The van der Waals surface area contributed by atoms with Crippen LogP contribution in [0.2, 0.25) is 0 Å². The Morgan fingerprint density at radius 1 is 1.33 bits per heavy atom. The van der Waals surface area contributed by atoms with Gasteiger partial charge in [-0.2, -0.15) is 0 Å². The number of nitrogens with zero attached hydrogens (tertiary/aromatic N) is 1. The first-order chi connectivity index (χ1) is 2.64. The molecule has 3 nitrogen and oxygen atoms in total. The van der Waals surface area contributed by atoms with Crippen LogP contribution in [0.25, 0.3) is 0 Å². The molecule has 0 heterocycles. The van der Waals surface area contributed by atoms with Crippen LogP contribution in [0.5, 0.6) is 0 Å². The number of hydrogen-bond donors (Lipinski definition) is 1. The molecule has 0 aliphatic carbocycles. The maximum atomic E-state index is 9.62. The van der Waals surface area contributed by atoms with Gasteiger partial charge < -0.3 is 34.8 Å². The van der Waals surface area contributed by atoms with Crippen LogP contribution in [-0.4, -0.2) is 30.2 Å². The van der Waals surface area contributed by atoms with E-state index in [1.165, 1.54) is 14.1 Å². The molecule has 0 spiro atoms. The zero-order valence-corrected chi connectivity index (χ0v) is 9.74. The Labute approximate surface area is 79.4 Å². The van der Waals surface area contributed by atoms with E-state index in [9.17, 15) is 4.79 Å². The second kappa shape index (κ2) is 11.3. The second-order valence-electron chi connectivity index (χ2n) is 1.18. The summed E-state index contributed by atoms with van der Waals surface area (Å²) in [5.74, 6) is 0. The van der Waals surface area contributed by atoms with Crippen molar-refractivity contribution in [1.29, 1.82) is 0 Å². The van der Waals surface area contributed by atoms with Gasteiger partial charge in [-0.15, -0.1) is 0 Å². The van der Waals surface area contributed by atoms with Gasteiger partial charge in [0.05, 0.1) is 0 Å². The molecule has 0 bridgehead atoms. The van der Waals surface area contributed by atoms with Gasteiger partial charge in [0.2, 0.25) is 0 Å². The largest absolute Gasteiger partial charge is 2.00 e. The van der Waals surface area contributed by atoms with Gasteiger partial charge in [-0.3, -0.25) is 0 Å². The fourth-order valence-corrected chi connectivity index (χ4v) is 0. The van der Waals surface area contributed by atoms with Gasteiger partial charge in [0, 0.05) is 14.1 Å². The van der Waals surface area contributed by atoms with Crippen LogP contribution in [0.4, 0.5) is 4.79 Å². The van der Waals surface area contributed by atoms with Crippen LogP contribution >= 0.6 is 0 Å². The number of hydrogen-bond acceptors (Lipinski definition) is 1. The molecular formula is C3H7Cl2NO2Zn. The van der Waals surface area contributed by atoms with E-state index in [-0.39, 0.29) is 44.3 Å². The number of carboxylic acid groups (broad SMARTS) is 1. The minimum atomic E-state index is -0.907. The molecule has 0 saturated carbocycles. The van der Waals surface area contributed by atoms with Gasteiger partial charge >= 0.3 is 25.6 Å². The first-order valence-electron chi connectivity index (χ1n) is 1.55. The number of rotatable bonds is 0. The first kappa shape index (κ1) is 22.7. The molecule has 0 unspecified atom stereocenters. The average molecular weight is 225 g/mol. The average Bonchev–Trinajstić information content (AvgIpc) is 1.36. The Morgan fingerprint density at radius 2 is 1.44 bits per heavy atom. The van der Waals surface area contributed by atoms with E-state index in [0.29, 0.717) is 0 Å². The fourth-order valence-electron chi connectivity index (χ4n) is 0. The Bertz CT molecular complexity index is 70.8. The summed E-state index contributed by atoms with van der Waals surface area (Å²) in [7, 11) is 2.95. The molecule has 0 aromatic rings. The van der Waals surface area contributed by atoms with Crippen molar-refractivity contribution >= 4 is 6.09 Å². The molecule has 52 valence electrons. The van der Waals surface area contributed by atoms with Crippen LogP contribution in [0.3, 0.4) is 0 Å². The molecule has 9 heavy (non-hydrogen) atoms. The molecular weight excluding hydrogens is 218 g/mol. The normalized spacial score (nSPS) is 5.11. The standard InChI is InChI=1S/C3H7NO2.2ClH.Zn/c1-4(2)3(5)6;;;/h1-2H3,(H,5,6);2*1H;/q;;;+2/p-2. The molecule has 0 fully saturated rings. The molecule has 0 saturated heterocycles. The van der Waals surface area contributed by atoms with Crippen molar-refractivity contribution in [3.8, 4) is 0 Å². The van der Waals surface area contributed by atoms with Crippen LogP contribution in [0.1, 0.15) is 0 Å². The van der Waals surface area contributed by atoms with E-state index in [1.807, 2.05) is 0 Å². The Hall–Kier alpha value is 0.473. The van der Waals surface area contributed by atoms with Gasteiger partial charge in [0.15, 0.2) is 0 Å². The maximum Gasteiger partial charge on any atom is 2.00 e. The van der Waals surface area contributed by atoms with Crippen molar-refractivity contribution in [2.24, 2.45) is 0 Å². The minimum absolute atomic E-state index is 0. The van der Waals surface area contributed by atoms with Gasteiger partial charge in [0.1, 0.15) is 0 Å². The van der Waals surface area contributed by atoms with Crippen molar-refractivity contribution in [3.63, 3.8) is 0 Å². The maximum absolute atomic E-state index is 9.62. The van der Waals surface area contributed by atoms with Crippen molar-refractivity contribution in [3.05, 3.63) is 0 Å². The zero-order valence-electron chi connectivity index (χ0n) is 5.27. The predicted molar refractivity (Wildman–Crippen MR) is 21.7 cm³/mol. The van der Waals surface area contributed by atoms with E-state index in [2.05, 4.69) is 0 Å². The van der Waals surface area contributed by atoms with Gasteiger partial charge in [-0.05, 0) is 0 Å². The third kappa shape index (κ3) is 17.7. The van der Waals surface area contributed by atoms with Crippen LogP contribution in [0, 0.1) is 0 Å². The molecule has 0 radical (unpaired) electrons. The van der Waals surface area contributed by atoms with Crippen LogP contribution in [0.15, 0.2) is 0 Å². The molecule has 6 heteroatoms. The van der Waals surface area contributed by atoms with E-state index in [0.717, 1.165) is 4.90 Å². The molecule has 1 N–H and O–H groups in total. The second-order valence-corrected chi connectivity index (χ2v) is 1.18. The summed E-state index contributed by atoms with van der Waals surface area (Å²) in [5, 5.41) is 7.92. The number of amides is 1. The smallest absolute Gasteiger partial charge is 1.00 e. The van der Waals surface area contributed by atoms with E-state index in [1.54, 1.807) is 0 Å². The summed E-state index contributed by atoms with van der Waals surface area (Å²) in [5.41, 5.74) is 0. The van der Waals surface area contributed by atoms with E-state index < -0.39 is 6.09 Å². The van der Waals surface area contributed by atoms with Gasteiger partial charge in [0.25, 0.3) is 0 Å². The molecule has 0 aliphatic rings. The summed E-state index contributed by atoms with van der Waals surface area (Å²) in [6.07, 6.45) is -0.907. The summed E-state index contributed by atoms with van der Waals surface area (Å²) in [4.78, 5) is 10.7. The fraction of sp³-hybridized carbons (Fsp3) is 0.667. The van der Waals surface area contributed by atoms with E-state index >= 15 is 0 Å². The summed E-state index contributed by atoms with van der Waals surface area (Å²) in [6, 6.07) is 0. The summed E-state index contributed by atoms with van der Waals surface area (Å²) in [6.45, 7) is 0. The van der Waals surface area contributed by atoms with Crippen LogP contribution in [-0.2, 0) is 19.5 Å². The SMILES string of the molecule is CN(C)C(=O)O.[Cl-].[Cl-].[Zn+2]. The predicted octanol–water partition coefficient (Wildman–Crippen LogP) is -5.77. The third-order valence-electron chi connectivity index (χ3n) is 0.383. The Balaban J connectivity index is -0.0000000417. The monoisotopic (exact) mass is 223 g/mol. The quantitative estimate of drug-likeness (QED) is 0.417. The number of carbonyl (C=O) groups is 1. The third-order valence-corrected chi connectivity index (χ3v) is 0.383. The van der Waals surface area contributed by atoms with Crippen molar-refractivity contribution in [2.75, 3.05) is 14.1 Å². The van der Waals surface area contributed by atoms with Gasteiger partial charge in [-0.25, -0.2) is 4.79 Å². The minimum Gasteiger partial charge on any atom is -1.00 e. The molecule has 1 amide bonds.